The van der Waals surface area contributed by atoms with E-state index < -0.39 is 0 Å². The second kappa shape index (κ2) is 6.80. The molecule has 118 valence electrons. The van der Waals surface area contributed by atoms with Crippen molar-refractivity contribution in [3.8, 4) is 0 Å². The van der Waals surface area contributed by atoms with Gasteiger partial charge in [-0.05, 0) is 67.0 Å². The molecule has 21 heavy (non-hydrogen) atoms. The molecule has 1 aromatic rings. The van der Waals surface area contributed by atoms with Crippen LogP contribution in [0.15, 0.2) is 4.47 Å². The third-order valence-corrected chi connectivity index (χ3v) is 6.00. The molecule has 0 spiro atoms. The van der Waals surface area contributed by atoms with E-state index in [1.165, 1.54) is 61.2 Å². The minimum atomic E-state index is 0.758. The summed E-state index contributed by atoms with van der Waals surface area (Å²) in [6, 6.07) is 0.758. The highest BCUT2D eigenvalue weighted by Crippen LogP contribution is 2.28. The molecule has 2 unspecified atom stereocenters. The van der Waals surface area contributed by atoms with Gasteiger partial charge in [0.1, 0.15) is 0 Å². The van der Waals surface area contributed by atoms with Gasteiger partial charge in [0.05, 0.1) is 15.9 Å². The number of hydrogen-bond donors (Lipinski definition) is 1. The Labute approximate surface area is 136 Å². The van der Waals surface area contributed by atoms with Crippen molar-refractivity contribution in [1.82, 2.24) is 20.0 Å². The summed E-state index contributed by atoms with van der Waals surface area (Å²) >= 11 is 3.75. The summed E-state index contributed by atoms with van der Waals surface area (Å²) in [6.07, 6.45) is 6.44. The Hall–Kier alpha value is -0.390. The topological polar surface area (TPSA) is 33.1 Å². The van der Waals surface area contributed by atoms with E-state index in [0.717, 1.165) is 24.9 Å². The molecule has 0 amide bonds. The second-order valence-corrected chi connectivity index (χ2v) is 7.32. The van der Waals surface area contributed by atoms with Crippen molar-refractivity contribution < 1.29 is 0 Å². The first kappa shape index (κ1) is 15.5. The predicted molar refractivity (Wildman–Crippen MR) is 89.3 cm³/mol. The highest BCUT2D eigenvalue weighted by atomic mass is 79.9. The van der Waals surface area contributed by atoms with E-state index in [0.29, 0.717) is 0 Å². The van der Waals surface area contributed by atoms with Crippen LogP contribution in [0.1, 0.15) is 44.0 Å². The van der Waals surface area contributed by atoms with E-state index >= 15 is 0 Å². The molecule has 0 saturated carbocycles. The number of aryl methyl sites for hydroxylation is 2. The van der Waals surface area contributed by atoms with Crippen LogP contribution >= 0.6 is 15.9 Å². The fraction of sp³-hybridized carbons (Fsp3) is 0.812. The zero-order valence-corrected chi connectivity index (χ0v) is 14.8. The van der Waals surface area contributed by atoms with Crippen molar-refractivity contribution in [3.05, 3.63) is 15.9 Å². The summed E-state index contributed by atoms with van der Waals surface area (Å²) in [4.78, 5) is 2.62. The van der Waals surface area contributed by atoms with Crippen LogP contribution < -0.4 is 5.32 Å². The molecule has 1 aromatic heterocycles. The van der Waals surface area contributed by atoms with Gasteiger partial charge in [-0.1, -0.05) is 6.92 Å². The maximum atomic E-state index is 4.62. The molecule has 0 aliphatic carbocycles. The molecule has 2 atom stereocenters. The largest absolute Gasteiger partial charge is 0.314 e. The highest BCUT2D eigenvalue weighted by molar-refractivity contribution is 9.10. The average Bonchev–Trinajstić information content (AvgIpc) is 3.11. The fourth-order valence-electron chi connectivity index (χ4n) is 3.88. The van der Waals surface area contributed by atoms with Gasteiger partial charge < -0.3 is 5.32 Å². The quantitative estimate of drug-likeness (QED) is 0.902. The Kier molecular flexibility index (Phi) is 5.02. The lowest BCUT2D eigenvalue weighted by atomic mass is 9.90. The van der Waals surface area contributed by atoms with E-state index in [1.807, 2.05) is 0 Å². The molecule has 0 radical (unpaired) electrons. The number of rotatable bonds is 4. The zero-order valence-electron chi connectivity index (χ0n) is 13.2. The number of halogens is 1. The molecule has 0 bridgehead atoms. The Bertz CT molecular complexity index is 479. The van der Waals surface area contributed by atoms with Crippen molar-refractivity contribution in [2.75, 3.05) is 19.6 Å². The number of nitrogens with zero attached hydrogens (tertiary/aromatic N) is 3. The third-order valence-electron chi connectivity index (χ3n) is 5.09. The van der Waals surface area contributed by atoms with Crippen molar-refractivity contribution in [3.63, 3.8) is 0 Å². The predicted octanol–water partition coefficient (Wildman–Crippen LogP) is 2.71. The number of likely N-dealkylation sites (tertiary alicyclic amines) is 1. The molecule has 2 fully saturated rings. The normalized spacial score (nSPS) is 27.4. The van der Waals surface area contributed by atoms with Crippen molar-refractivity contribution in [1.29, 1.82) is 0 Å². The maximum absolute atomic E-state index is 4.62. The van der Waals surface area contributed by atoms with Gasteiger partial charge in [0.2, 0.25) is 0 Å². The first-order chi connectivity index (χ1) is 10.2. The molecular weight excluding hydrogens is 328 g/mol. The molecule has 1 N–H and O–H groups in total. The monoisotopic (exact) mass is 354 g/mol. The van der Waals surface area contributed by atoms with Crippen LogP contribution in [0, 0.1) is 5.92 Å². The van der Waals surface area contributed by atoms with E-state index in [-0.39, 0.29) is 0 Å². The molecule has 4 nitrogen and oxygen atoms in total. The molecule has 2 aliphatic rings. The zero-order chi connectivity index (χ0) is 14.8. The first-order valence-electron chi connectivity index (χ1n) is 8.35. The molecule has 3 rings (SSSR count). The summed E-state index contributed by atoms with van der Waals surface area (Å²) in [5, 5.41) is 8.31. The molecule has 3 heterocycles. The van der Waals surface area contributed by atoms with Gasteiger partial charge in [-0.15, -0.1) is 0 Å². The second-order valence-electron chi connectivity index (χ2n) is 6.52. The van der Waals surface area contributed by atoms with Crippen LogP contribution in [-0.2, 0) is 20.0 Å². The van der Waals surface area contributed by atoms with Gasteiger partial charge in [-0.2, -0.15) is 5.10 Å². The van der Waals surface area contributed by atoms with Gasteiger partial charge in [0, 0.05) is 26.2 Å². The van der Waals surface area contributed by atoms with Gasteiger partial charge in [-0.25, -0.2) is 0 Å². The number of nitrogens with one attached hydrogen (secondary N) is 1. The van der Waals surface area contributed by atoms with Crippen molar-refractivity contribution in [2.45, 2.75) is 51.6 Å². The van der Waals surface area contributed by atoms with E-state index in [2.05, 4.69) is 49.9 Å². The molecule has 0 aromatic carbocycles. The van der Waals surface area contributed by atoms with Gasteiger partial charge in [0.15, 0.2) is 0 Å². The lowest BCUT2D eigenvalue weighted by Crippen LogP contribution is -2.43. The minimum absolute atomic E-state index is 0.758. The van der Waals surface area contributed by atoms with Gasteiger partial charge in [0.25, 0.3) is 0 Å². The molecule has 2 aliphatic heterocycles. The van der Waals surface area contributed by atoms with Crippen LogP contribution in [0.2, 0.25) is 0 Å². The van der Waals surface area contributed by atoms with E-state index in [9.17, 15) is 0 Å². The summed E-state index contributed by atoms with van der Waals surface area (Å²) < 4.78 is 3.27. The summed E-state index contributed by atoms with van der Waals surface area (Å²) in [5.74, 6) is 0.832. The smallest absolute Gasteiger partial charge is 0.0767 e. The van der Waals surface area contributed by atoms with Gasteiger partial charge in [-0.3, -0.25) is 9.58 Å². The van der Waals surface area contributed by atoms with Crippen LogP contribution in [0.25, 0.3) is 0 Å². The van der Waals surface area contributed by atoms with Crippen molar-refractivity contribution >= 4 is 15.9 Å². The Morgan fingerprint density at radius 1 is 1.33 bits per heavy atom. The standard InChI is InChI=1S/C16H27BrN4/c1-3-13-16(17)15(20(2)19-13)11-21-9-5-6-12(10-21)14-7-4-8-18-14/h12,14,18H,3-11H2,1-2H3. The summed E-state index contributed by atoms with van der Waals surface area (Å²) in [6.45, 7) is 6.86. The Balaban J connectivity index is 1.65. The van der Waals surface area contributed by atoms with Crippen LogP contribution in [-0.4, -0.2) is 40.4 Å². The summed E-state index contributed by atoms with van der Waals surface area (Å²) in [7, 11) is 2.07. The van der Waals surface area contributed by atoms with E-state index in [4.69, 9.17) is 0 Å². The van der Waals surface area contributed by atoms with E-state index in [1.54, 1.807) is 0 Å². The fourth-order valence-corrected chi connectivity index (χ4v) is 4.62. The molecule has 5 heteroatoms. The first-order valence-corrected chi connectivity index (χ1v) is 9.14. The van der Waals surface area contributed by atoms with Crippen LogP contribution in [0.3, 0.4) is 0 Å². The number of hydrogen-bond acceptors (Lipinski definition) is 3. The summed E-state index contributed by atoms with van der Waals surface area (Å²) in [5.41, 5.74) is 2.51. The van der Waals surface area contributed by atoms with Gasteiger partial charge >= 0.3 is 0 Å². The Morgan fingerprint density at radius 2 is 2.19 bits per heavy atom. The lowest BCUT2D eigenvalue weighted by molar-refractivity contribution is 0.142. The molecule has 2 saturated heterocycles. The van der Waals surface area contributed by atoms with Crippen LogP contribution in [0.5, 0.6) is 0 Å². The molecular formula is C16H27BrN4. The Morgan fingerprint density at radius 3 is 2.86 bits per heavy atom. The van der Waals surface area contributed by atoms with Crippen LogP contribution in [0.4, 0.5) is 0 Å². The minimum Gasteiger partial charge on any atom is -0.314 e. The lowest BCUT2D eigenvalue weighted by Gasteiger charge is -2.35. The maximum Gasteiger partial charge on any atom is 0.0767 e. The van der Waals surface area contributed by atoms with Crippen molar-refractivity contribution in [2.24, 2.45) is 13.0 Å². The highest BCUT2D eigenvalue weighted by Gasteiger charge is 2.29. The average molecular weight is 355 g/mol. The number of aromatic nitrogens is 2. The SMILES string of the molecule is CCc1nn(C)c(CN2CCCC(C3CCCN3)C2)c1Br. The third kappa shape index (κ3) is 3.35. The number of piperidine rings is 1.